The predicted molar refractivity (Wildman–Crippen MR) is 153 cm³/mol. The van der Waals surface area contributed by atoms with Crippen molar-refractivity contribution in [2.75, 3.05) is 10.2 Å². The predicted octanol–water partition coefficient (Wildman–Crippen LogP) is 6.46. The van der Waals surface area contributed by atoms with Gasteiger partial charge in [-0.15, -0.1) is 0 Å². The van der Waals surface area contributed by atoms with Crippen LogP contribution in [0.3, 0.4) is 0 Å². The number of amides is 1. The number of carbonyl (C=O) groups is 1. The molecule has 0 bridgehead atoms. The number of rotatable bonds is 6. The topological polar surface area (TPSA) is 62.2 Å². The lowest BCUT2D eigenvalue weighted by Crippen LogP contribution is -2.29. The molecule has 2 atom stereocenters. The Kier molecular flexibility index (Phi) is 6.99. The number of thiocarbonyl (C=S) groups is 1. The van der Waals surface area contributed by atoms with Crippen molar-refractivity contribution in [3.8, 4) is 5.69 Å². The number of benzene rings is 2. The molecule has 6 nitrogen and oxygen atoms in total. The van der Waals surface area contributed by atoms with Crippen LogP contribution < -0.4 is 15.5 Å². The van der Waals surface area contributed by atoms with Crippen molar-refractivity contribution in [2.45, 2.75) is 46.2 Å². The second-order valence-electron chi connectivity index (χ2n) is 9.51. The number of aromatic nitrogens is 2. The molecule has 8 heteroatoms. The SMILES string of the molecule is CCC(=O)Nc1ccc(N2C(=S)N[C@H](c3ccccn3)[C@H]2c2cc(C)n(-c3ccccc3F)c2C)cc1C. The fraction of sp³-hybridized carbons (Fsp3) is 0.233. The van der Waals surface area contributed by atoms with Gasteiger partial charge in [0, 0.05) is 35.4 Å². The van der Waals surface area contributed by atoms with Gasteiger partial charge in [-0.2, -0.15) is 0 Å². The molecule has 2 N–H and O–H groups in total. The van der Waals surface area contributed by atoms with Crippen molar-refractivity contribution in [2.24, 2.45) is 0 Å². The van der Waals surface area contributed by atoms with E-state index in [0.717, 1.165) is 39.6 Å². The number of halogens is 1. The number of hydrogen-bond donors (Lipinski definition) is 2. The Morgan fingerprint density at radius 2 is 1.84 bits per heavy atom. The van der Waals surface area contributed by atoms with Gasteiger partial charge in [0.15, 0.2) is 5.11 Å². The van der Waals surface area contributed by atoms with Gasteiger partial charge in [0.1, 0.15) is 5.82 Å². The zero-order valence-electron chi connectivity index (χ0n) is 21.8. The maximum Gasteiger partial charge on any atom is 0.224 e. The smallest absolute Gasteiger partial charge is 0.224 e. The van der Waals surface area contributed by atoms with Crippen LogP contribution in [-0.2, 0) is 4.79 Å². The lowest BCUT2D eigenvalue weighted by Gasteiger charge is -2.29. The second-order valence-corrected chi connectivity index (χ2v) is 9.90. The molecule has 0 aliphatic carbocycles. The molecule has 5 rings (SSSR count). The van der Waals surface area contributed by atoms with Crippen molar-refractivity contribution >= 4 is 34.6 Å². The van der Waals surface area contributed by atoms with Crippen LogP contribution in [0.2, 0.25) is 0 Å². The number of aryl methyl sites for hydroxylation is 2. The van der Waals surface area contributed by atoms with E-state index in [4.69, 9.17) is 12.2 Å². The lowest BCUT2D eigenvalue weighted by molar-refractivity contribution is -0.115. The van der Waals surface area contributed by atoms with E-state index in [2.05, 4.69) is 26.6 Å². The van der Waals surface area contributed by atoms with E-state index >= 15 is 0 Å². The number of anilines is 2. The zero-order valence-corrected chi connectivity index (χ0v) is 22.6. The minimum absolute atomic E-state index is 0.0344. The first-order chi connectivity index (χ1) is 18.3. The van der Waals surface area contributed by atoms with Gasteiger partial charge in [-0.3, -0.25) is 9.78 Å². The van der Waals surface area contributed by atoms with Crippen LogP contribution in [0.1, 0.15) is 53.6 Å². The molecule has 2 aromatic heterocycles. The number of para-hydroxylation sites is 1. The molecule has 0 radical (unpaired) electrons. The molecule has 1 saturated heterocycles. The van der Waals surface area contributed by atoms with Crippen LogP contribution >= 0.6 is 12.2 Å². The Labute approximate surface area is 227 Å². The van der Waals surface area contributed by atoms with E-state index in [1.807, 2.05) is 74.7 Å². The Morgan fingerprint density at radius 3 is 2.53 bits per heavy atom. The summed E-state index contributed by atoms with van der Waals surface area (Å²) >= 11 is 5.89. The average Bonchev–Trinajstić information content (AvgIpc) is 3.41. The highest BCUT2D eigenvalue weighted by Crippen LogP contribution is 2.44. The Hall–Kier alpha value is -4.04. The van der Waals surface area contributed by atoms with Gasteiger partial charge in [0.2, 0.25) is 5.91 Å². The van der Waals surface area contributed by atoms with E-state index in [1.54, 1.807) is 18.3 Å². The van der Waals surface area contributed by atoms with Gasteiger partial charge < -0.3 is 20.1 Å². The highest BCUT2D eigenvalue weighted by Gasteiger charge is 2.42. The van der Waals surface area contributed by atoms with Crippen LogP contribution in [0.25, 0.3) is 5.69 Å². The zero-order chi connectivity index (χ0) is 27.0. The van der Waals surface area contributed by atoms with Gasteiger partial charge in [-0.05, 0) is 92.6 Å². The minimum Gasteiger partial charge on any atom is -0.351 e. The third-order valence-corrected chi connectivity index (χ3v) is 7.38. The summed E-state index contributed by atoms with van der Waals surface area (Å²) in [6, 6.07) is 20.2. The van der Waals surface area contributed by atoms with Crippen LogP contribution in [0.15, 0.2) is 72.9 Å². The highest BCUT2D eigenvalue weighted by atomic mass is 32.1. The third kappa shape index (κ3) is 4.56. The van der Waals surface area contributed by atoms with Gasteiger partial charge in [0.05, 0.1) is 23.5 Å². The maximum absolute atomic E-state index is 14.9. The molecule has 1 fully saturated rings. The summed E-state index contributed by atoms with van der Waals surface area (Å²) in [6.45, 7) is 7.79. The Balaban J connectivity index is 1.64. The molecule has 1 aliphatic heterocycles. The molecular formula is C30H30FN5OS. The number of nitrogens with zero attached hydrogens (tertiary/aromatic N) is 3. The molecule has 2 aromatic carbocycles. The number of pyridine rings is 1. The van der Waals surface area contributed by atoms with Gasteiger partial charge >= 0.3 is 0 Å². The molecule has 38 heavy (non-hydrogen) atoms. The normalized spacial score (nSPS) is 17.0. The molecule has 0 saturated carbocycles. The van der Waals surface area contributed by atoms with Crippen molar-refractivity contribution in [1.29, 1.82) is 0 Å². The fourth-order valence-corrected chi connectivity index (χ4v) is 5.56. The van der Waals surface area contributed by atoms with Crippen molar-refractivity contribution in [3.63, 3.8) is 0 Å². The summed E-state index contributed by atoms with van der Waals surface area (Å²) in [4.78, 5) is 18.7. The first-order valence-corrected chi connectivity index (χ1v) is 13.1. The summed E-state index contributed by atoms with van der Waals surface area (Å²) in [6.07, 6.45) is 2.19. The first-order valence-electron chi connectivity index (χ1n) is 12.6. The minimum atomic E-state index is -0.278. The molecular weight excluding hydrogens is 497 g/mol. The molecule has 4 aromatic rings. The van der Waals surface area contributed by atoms with E-state index in [-0.39, 0.29) is 23.8 Å². The van der Waals surface area contributed by atoms with Crippen LogP contribution in [0.4, 0.5) is 15.8 Å². The quantitative estimate of drug-likeness (QED) is 0.282. The van der Waals surface area contributed by atoms with Crippen LogP contribution in [0.5, 0.6) is 0 Å². The summed E-state index contributed by atoms with van der Waals surface area (Å²) in [5.41, 5.74) is 6.85. The fourth-order valence-electron chi connectivity index (χ4n) is 5.22. The van der Waals surface area contributed by atoms with Crippen LogP contribution in [-0.4, -0.2) is 20.6 Å². The van der Waals surface area contributed by atoms with Crippen molar-refractivity contribution < 1.29 is 9.18 Å². The number of hydrogen-bond acceptors (Lipinski definition) is 3. The van der Waals surface area contributed by atoms with E-state index in [1.165, 1.54) is 6.07 Å². The largest absolute Gasteiger partial charge is 0.351 e. The van der Waals surface area contributed by atoms with Crippen LogP contribution in [0, 0.1) is 26.6 Å². The van der Waals surface area contributed by atoms with Gasteiger partial charge in [-0.25, -0.2) is 4.39 Å². The molecule has 0 spiro atoms. The molecule has 3 heterocycles. The molecule has 0 unspecified atom stereocenters. The maximum atomic E-state index is 14.9. The summed E-state index contributed by atoms with van der Waals surface area (Å²) < 4.78 is 16.8. The summed E-state index contributed by atoms with van der Waals surface area (Å²) in [5, 5.41) is 7.02. The summed E-state index contributed by atoms with van der Waals surface area (Å²) in [7, 11) is 0. The monoisotopic (exact) mass is 527 g/mol. The third-order valence-electron chi connectivity index (χ3n) is 7.06. The molecule has 1 amide bonds. The van der Waals surface area contributed by atoms with Gasteiger partial charge in [-0.1, -0.05) is 25.1 Å². The van der Waals surface area contributed by atoms with Crippen molar-refractivity contribution in [3.05, 3.63) is 107 Å². The number of carbonyl (C=O) groups excluding carboxylic acids is 1. The molecule has 1 aliphatic rings. The number of nitrogens with one attached hydrogen (secondary N) is 2. The molecule has 194 valence electrons. The lowest BCUT2D eigenvalue weighted by atomic mass is 9.96. The van der Waals surface area contributed by atoms with E-state index < -0.39 is 0 Å². The average molecular weight is 528 g/mol. The highest BCUT2D eigenvalue weighted by molar-refractivity contribution is 7.80. The Morgan fingerprint density at radius 1 is 1.08 bits per heavy atom. The Bertz CT molecular complexity index is 1520. The van der Waals surface area contributed by atoms with Crippen molar-refractivity contribution in [1.82, 2.24) is 14.9 Å². The summed E-state index contributed by atoms with van der Waals surface area (Å²) in [5.74, 6) is -0.313. The van der Waals surface area contributed by atoms with E-state index in [0.29, 0.717) is 17.2 Å². The standard InChI is InChI=1S/C30H30FN5OS/c1-5-27(37)33-24-14-13-21(16-18(24)2)36-29(28(34-30(36)38)25-11-8-9-15-32-25)22-17-19(3)35(20(22)4)26-12-7-6-10-23(26)31/h6-17,28-29H,5H2,1-4H3,(H,33,37)(H,34,38)/t28-,29-/m1/s1. The van der Waals surface area contributed by atoms with Gasteiger partial charge in [0.25, 0.3) is 0 Å². The van der Waals surface area contributed by atoms with E-state index in [9.17, 15) is 9.18 Å². The second kappa shape index (κ2) is 10.4. The first kappa shape index (κ1) is 25.6.